The van der Waals surface area contributed by atoms with Crippen molar-refractivity contribution >= 4 is 5.78 Å². The molecular formula is C37H40O5. The number of para-hydroxylation sites is 1. The molecule has 42 heavy (non-hydrogen) atoms. The number of carbonyl (C=O) groups excluding carboxylic acids is 1. The Morgan fingerprint density at radius 1 is 0.667 bits per heavy atom. The lowest BCUT2D eigenvalue weighted by molar-refractivity contribution is -0.183. The number of Topliss-reactive ketones (excluding diaryl/α,β-unsaturated/α-hetero) is 1. The Kier molecular flexibility index (Phi) is 10.1. The van der Waals surface area contributed by atoms with Gasteiger partial charge in [0.1, 0.15) is 17.6 Å². The number of ketones is 1. The maximum atomic E-state index is 14.1. The summed E-state index contributed by atoms with van der Waals surface area (Å²) in [6.07, 6.45) is -0.321. The van der Waals surface area contributed by atoms with Gasteiger partial charge in [-0.25, -0.2) is 0 Å². The van der Waals surface area contributed by atoms with Crippen molar-refractivity contribution in [2.24, 2.45) is 11.8 Å². The van der Waals surface area contributed by atoms with Crippen LogP contribution >= 0.6 is 0 Å². The number of methoxy groups -OCH3 is 1. The minimum Gasteiger partial charge on any atom is -0.497 e. The molecule has 0 aliphatic heterocycles. The zero-order valence-corrected chi connectivity index (χ0v) is 24.6. The van der Waals surface area contributed by atoms with Gasteiger partial charge in [-0.2, -0.15) is 0 Å². The third-order valence-electron chi connectivity index (χ3n) is 8.21. The van der Waals surface area contributed by atoms with E-state index < -0.39 is 12.2 Å². The highest BCUT2D eigenvalue weighted by Gasteiger charge is 2.50. The second-order valence-corrected chi connectivity index (χ2v) is 11.0. The van der Waals surface area contributed by atoms with E-state index >= 15 is 0 Å². The molecule has 0 heterocycles. The van der Waals surface area contributed by atoms with Gasteiger partial charge in [0.15, 0.2) is 11.9 Å². The zero-order chi connectivity index (χ0) is 29.3. The molecule has 0 saturated heterocycles. The van der Waals surface area contributed by atoms with Gasteiger partial charge in [0.05, 0.1) is 26.4 Å². The van der Waals surface area contributed by atoms with Crippen molar-refractivity contribution < 1.29 is 23.7 Å². The minimum atomic E-state index is -0.798. The minimum absolute atomic E-state index is 0.0265. The Balaban J connectivity index is 1.45. The SMILES string of the molecule is CC[C@H]1C(=O)[C@@H](Oc2ccccc2Cc2ccc(OC)cc2)[C@H](OCc2ccccc2)[C@@H](OCc2ccccc2)[C@@H]1C. The Labute approximate surface area is 249 Å². The number of benzene rings is 4. The molecule has 1 fully saturated rings. The fourth-order valence-corrected chi connectivity index (χ4v) is 5.86. The Morgan fingerprint density at radius 2 is 1.24 bits per heavy atom. The average Bonchev–Trinajstić information content (AvgIpc) is 3.03. The lowest BCUT2D eigenvalue weighted by Crippen LogP contribution is -2.59. The summed E-state index contributed by atoms with van der Waals surface area (Å²) >= 11 is 0. The van der Waals surface area contributed by atoms with E-state index in [1.54, 1.807) is 7.11 Å². The van der Waals surface area contributed by atoms with Crippen molar-refractivity contribution in [3.8, 4) is 11.5 Å². The summed E-state index contributed by atoms with van der Waals surface area (Å²) in [4.78, 5) is 14.1. The van der Waals surface area contributed by atoms with Crippen LogP contribution < -0.4 is 9.47 Å². The second-order valence-electron chi connectivity index (χ2n) is 11.0. The molecule has 1 aliphatic carbocycles. The van der Waals surface area contributed by atoms with E-state index in [9.17, 15) is 4.79 Å². The summed E-state index contributed by atoms with van der Waals surface area (Å²) in [6, 6.07) is 36.1. The van der Waals surface area contributed by atoms with Gasteiger partial charge < -0.3 is 18.9 Å². The van der Waals surface area contributed by atoms with E-state index in [2.05, 4.69) is 44.2 Å². The topological polar surface area (TPSA) is 54.0 Å². The predicted molar refractivity (Wildman–Crippen MR) is 165 cm³/mol. The summed E-state index contributed by atoms with van der Waals surface area (Å²) in [7, 11) is 1.66. The number of ether oxygens (including phenoxy) is 4. The highest BCUT2D eigenvalue weighted by molar-refractivity contribution is 5.88. The van der Waals surface area contributed by atoms with Gasteiger partial charge in [-0.15, -0.1) is 0 Å². The largest absolute Gasteiger partial charge is 0.497 e. The molecule has 1 saturated carbocycles. The molecule has 0 amide bonds. The van der Waals surface area contributed by atoms with E-state index in [4.69, 9.17) is 18.9 Å². The molecule has 218 valence electrons. The lowest BCUT2D eigenvalue weighted by atomic mass is 9.73. The van der Waals surface area contributed by atoms with Gasteiger partial charge in [0.25, 0.3) is 0 Å². The molecule has 0 aromatic heterocycles. The van der Waals surface area contributed by atoms with Crippen LogP contribution in [0.4, 0.5) is 0 Å². The third-order valence-corrected chi connectivity index (χ3v) is 8.21. The number of rotatable bonds is 12. The van der Waals surface area contributed by atoms with Crippen molar-refractivity contribution in [2.75, 3.05) is 7.11 Å². The highest BCUT2D eigenvalue weighted by Crippen LogP contribution is 2.37. The second kappa shape index (κ2) is 14.3. The van der Waals surface area contributed by atoms with Crippen molar-refractivity contribution in [3.05, 3.63) is 131 Å². The Morgan fingerprint density at radius 3 is 1.83 bits per heavy atom. The first-order valence-corrected chi connectivity index (χ1v) is 14.8. The molecule has 5 rings (SSSR count). The molecule has 0 unspecified atom stereocenters. The summed E-state index contributed by atoms with van der Waals surface area (Å²) in [5, 5.41) is 0. The fraction of sp³-hybridized carbons (Fsp3) is 0.324. The van der Waals surface area contributed by atoms with Crippen LogP contribution in [-0.4, -0.2) is 31.2 Å². The van der Waals surface area contributed by atoms with E-state index in [0.717, 1.165) is 28.0 Å². The van der Waals surface area contributed by atoms with Gasteiger partial charge in [-0.1, -0.05) is 105 Å². The Bertz CT molecular complexity index is 1400. The average molecular weight is 565 g/mol. The lowest BCUT2D eigenvalue weighted by Gasteiger charge is -2.44. The van der Waals surface area contributed by atoms with Crippen LogP contribution in [0.15, 0.2) is 109 Å². The van der Waals surface area contributed by atoms with Crippen LogP contribution in [0.1, 0.15) is 42.5 Å². The summed E-state index contributed by atoms with van der Waals surface area (Å²) in [5.74, 6) is 1.35. The van der Waals surface area contributed by atoms with Gasteiger partial charge >= 0.3 is 0 Å². The number of hydrogen-bond donors (Lipinski definition) is 0. The molecule has 0 spiro atoms. The maximum absolute atomic E-state index is 14.1. The molecule has 0 N–H and O–H groups in total. The standard InChI is InChI=1S/C37H40O5/c1-4-32-26(2)35(40-24-28-13-7-5-8-14-28)37(41-25-29-15-9-6-10-16-29)36(34(32)38)42-33-18-12-11-17-30(33)23-27-19-21-31(39-3)22-20-27/h5-22,26,32,35-37H,4,23-25H2,1-3H3/t26-,32-,35+,36-,37-/m1/s1. The zero-order valence-electron chi connectivity index (χ0n) is 24.6. The van der Waals surface area contributed by atoms with Crippen molar-refractivity contribution in [2.45, 2.75) is 58.2 Å². The maximum Gasteiger partial charge on any atom is 0.185 e. The van der Waals surface area contributed by atoms with Crippen LogP contribution in [0.3, 0.4) is 0 Å². The van der Waals surface area contributed by atoms with Crippen LogP contribution in [0.2, 0.25) is 0 Å². The van der Waals surface area contributed by atoms with E-state index in [-0.39, 0.29) is 23.7 Å². The Hall–Kier alpha value is -3.93. The number of hydrogen-bond acceptors (Lipinski definition) is 5. The molecule has 5 heteroatoms. The number of carbonyl (C=O) groups is 1. The first kappa shape index (κ1) is 29.6. The normalized spacial score (nSPS) is 22.1. The summed E-state index contributed by atoms with van der Waals surface area (Å²) in [6.45, 7) is 4.97. The van der Waals surface area contributed by atoms with Gasteiger partial charge in [-0.3, -0.25) is 4.79 Å². The first-order chi connectivity index (χ1) is 20.6. The van der Waals surface area contributed by atoms with Crippen molar-refractivity contribution in [3.63, 3.8) is 0 Å². The molecule has 1 aliphatic rings. The summed E-state index contributed by atoms with van der Waals surface area (Å²) in [5.41, 5.74) is 4.25. The first-order valence-electron chi connectivity index (χ1n) is 14.8. The monoisotopic (exact) mass is 564 g/mol. The van der Waals surface area contributed by atoms with E-state index in [0.29, 0.717) is 31.8 Å². The van der Waals surface area contributed by atoms with Gasteiger partial charge in [0.2, 0.25) is 0 Å². The molecule has 0 radical (unpaired) electrons. The van der Waals surface area contributed by atoms with Crippen LogP contribution in [-0.2, 0) is 33.9 Å². The molecule has 5 atom stereocenters. The molecule has 5 nitrogen and oxygen atoms in total. The van der Waals surface area contributed by atoms with Gasteiger partial charge in [-0.05, 0) is 52.8 Å². The molecule has 0 bridgehead atoms. The van der Waals surface area contributed by atoms with E-state index in [1.165, 1.54) is 0 Å². The van der Waals surface area contributed by atoms with Gasteiger partial charge in [0, 0.05) is 12.3 Å². The molecule has 4 aromatic carbocycles. The molecular weight excluding hydrogens is 524 g/mol. The van der Waals surface area contributed by atoms with Crippen molar-refractivity contribution in [1.29, 1.82) is 0 Å². The van der Waals surface area contributed by atoms with Crippen LogP contribution in [0.5, 0.6) is 11.5 Å². The molecule has 4 aromatic rings. The predicted octanol–water partition coefficient (Wildman–Crippen LogP) is 7.45. The van der Waals surface area contributed by atoms with E-state index in [1.807, 2.05) is 78.9 Å². The van der Waals surface area contributed by atoms with Crippen LogP contribution in [0.25, 0.3) is 0 Å². The van der Waals surface area contributed by atoms with Crippen molar-refractivity contribution in [1.82, 2.24) is 0 Å². The smallest absolute Gasteiger partial charge is 0.185 e. The summed E-state index contributed by atoms with van der Waals surface area (Å²) < 4.78 is 25.2. The fourth-order valence-electron chi connectivity index (χ4n) is 5.86. The third kappa shape index (κ3) is 7.10. The van der Waals surface area contributed by atoms with Crippen LogP contribution in [0, 0.1) is 11.8 Å². The highest BCUT2D eigenvalue weighted by atomic mass is 16.6. The quantitative estimate of drug-likeness (QED) is 0.179.